The summed E-state index contributed by atoms with van der Waals surface area (Å²) in [6, 6.07) is 3.34. The van der Waals surface area contributed by atoms with Crippen molar-refractivity contribution in [3.8, 4) is 11.3 Å². The molecule has 25 heavy (non-hydrogen) atoms. The first-order chi connectivity index (χ1) is 11.8. The molecule has 1 amide bonds. The van der Waals surface area contributed by atoms with Crippen LogP contribution in [0.15, 0.2) is 29.0 Å². The van der Waals surface area contributed by atoms with Gasteiger partial charge in [-0.05, 0) is 48.8 Å². The predicted molar refractivity (Wildman–Crippen MR) is 95.0 cm³/mol. The van der Waals surface area contributed by atoms with Crippen LogP contribution < -0.4 is 5.32 Å². The molecular formula is C17H19BrN4O3. The largest absolute Gasteiger partial charge is 0.460 e. The van der Waals surface area contributed by atoms with E-state index in [4.69, 9.17) is 4.74 Å². The third-order valence-electron chi connectivity index (χ3n) is 3.69. The molecule has 0 saturated carbocycles. The number of esters is 1. The summed E-state index contributed by atoms with van der Waals surface area (Å²) in [6.45, 7) is 5.80. The molecule has 0 aromatic carbocycles. The lowest BCUT2D eigenvalue weighted by atomic mass is 10.1. The molecule has 1 aliphatic heterocycles. The van der Waals surface area contributed by atoms with Crippen LogP contribution in [0.2, 0.25) is 0 Å². The van der Waals surface area contributed by atoms with Crippen molar-refractivity contribution in [1.82, 2.24) is 20.1 Å². The van der Waals surface area contributed by atoms with Gasteiger partial charge in [-0.1, -0.05) is 0 Å². The first-order valence-electron chi connectivity index (χ1n) is 7.94. The minimum Gasteiger partial charge on any atom is -0.460 e. The Morgan fingerprint density at radius 2 is 2.08 bits per heavy atom. The van der Waals surface area contributed by atoms with Gasteiger partial charge >= 0.3 is 5.97 Å². The Kier molecular flexibility index (Phi) is 4.64. The molecule has 7 nitrogen and oxygen atoms in total. The maximum atomic E-state index is 12.3. The highest BCUT2D eigenvalue weighted by Gasteiger charge is 2.33. The molecule has 132 valence electrons. The fraction of sp³-hybridized carbons (Fsp3) is 0.412. The monoisotopic (exact) mass is 406 g/mol. The lowest BCUT2D eigenvalue weighted by molar-refractivity contribution is -0.155. The van der Waals surface area contributed by atoms with Crippen LogP contribution in [0, 0.1) is 0 Å². The number of fused-ring (bicyclic) bond motifs is 1. The quantitative estimate of drug-likeness (QED) is 0.791. The molecule has 1 N–H and O–H groups in total. The van der Waals surface area contributed by atoms with E-state index in [0.29, 0.717) is 22.4 Å². The number of halogens is 1. The number of rotatable bonds is 3. The van der Waals surface area contributed by atoms with Gasteiger partial charge in [-0.2, -0.15) is 5.10 Å². The smallest absolute Gasteiger partial charge is 0.308 e. The van der Waals surface area contributed by atoms with Gasteiger partial charge < -0.3 is 10.1 Å². The Hall–Kier alpha value is -2.22. The Bertz CT molecular complexity index is 811. The van der Waals surface area contributed by atoms with Gasteiger partial charge in [0.2, 0.25) is 0 Å². The molecule has 0 radical (unpaired) electrons. The average molecular weight is 407 g/mol. The average Bonchev–Trinajstić information content (AvgIpc) is 2.88. The summed E-state index contributed by atoms with van der Waals surface area (Å²) in [5, 5.41) is 7.39. The molecule has 8 heteroatoms. The van der Waals surface area contributed by atoms with Gasteiger partial charge in [-0.25, -0.2) is 0 Å². The van der Waals surface area contributed by atoms with Crippen LogP contribution >= 0.6 is 15.9 Å². The molecule has 2 aromatic rings. The molecule has 2 aromatic heterocycles. The van der Waals surface area contributed by atoms with E-state index in [0.717, 1.165) is 5.56 Å². The predicted octanol–water partition coefficient (Wildman–Crippen LogP) is 2.72. The molecule has 1 aliphatic rings. The van der Waals surface area contributed by atoms with Crippen LogP contribution in [0.3, 0.4) is 0 Å². The van der Waals surface area contributed by atoms with Crippen LogP contribution in [0.25, 0.3) is 11.3 Å². The van der Waals surface area contributed by atoms with Crippen molar-refractivity contribution in [2.45, 2.75) is 38.8 Å². The molecule has 0 saturated heterocycles. The van der Waals surface area contributed by atoms with Gasteiger partial charge in [0, 0.05) is 24.5 Å². The second-order valence-corrected chi connectivity index (χ2v) is 7.64. The summed E-state index contributed by atoms with van der Waals surface area (Å²) in [6.07, 6.45) is 3.46. The number of hydrogen-bond donors (Lipinski definition) is 1. The SMILES string of the molecule is CC(C)(C)OC(=O)CC1CNC(=O)c2c(Br)c(-c3ccncc3)nn21. The minimum atomic E-state index is -0.551. The molecule has 0 bridgehead atoms. The summed E-state index contributed by atoms with van der Waals surface area (Å²) in [4.78, 5) is 28.5. The van der Waals surface area contributed by atoms with Crippen LogP contribution in [0.1, 0.15) is 43.7 Å². The van der Waals surface area contributed by atoms with Crippen LogP contribution in [-0.2, 0) is 9.53 Å². The fourth-order valence-corrected chi connectivity index (χ4v) is 3.36. The van der Waals surface area contributed by atoms with Gasteiger partial charge in [0.25, 0.3) is 5.91 Å². The van der Waals surface area contributed by atoms with E-state index in [1.165, 1.54) is 0 Å². The number of carbonyl (C=O) groups excluding carboxylic acids is 2. The number of ether oxygens (including phenoxy) is 1. The number of nitrogens with one attached hydrogen (secondary N) is 1. The lowest BCUT2D eigenvalue weighted by Gasteiger charge is -2.26. The van der Waals surface area contributed by atoms with Gasteiger partial charge in [0.15, 0.2) is 0 Å². The second kappa shape index (κ2) is 6.59. The van der Waals surface area contributed by atoms with Crippen LogP contribution in [0.4, 0.5) is 0 Å². The summed E-state index contributed by atoms with van der Waals surface area (Å²) in [5.41, 5.74) is 1.34. The number of pyridine rings is 1. The third-order valence-corrected chi connectivity index (χ3v) is 4.44. The zero-order chi connectivity index (χ0) is 18.2. The molecule has 1 unspecified atom stereocenters. The number of carbonyl (C=O) groups is 2. The third kappa shape index (κ3) is 3.73. The minimum absolute atomic E-state index is 0.133. The van der Waals surface area contributed by atoms with Crippen molar-refractivity contribution in [2.24, 2.45) is 0 Å². The molecular weight excluding hydrogens is 388 g/mol. The number of nitrogens with zero attached hydrogens (tertiary/aromatic N) is 3. The zero-order valence-electron chi connectivity index (χ0n) is 14.2. The number of aromatic nitrogens is 3. The van der Waals surface area contributed by atoms with Crippen LogP contribution in [-0.4, -0.2) is 38.8 Å². The van der Waals surface area contributed by atoms with E-state index >= 15 is 0 Å². The molecule has 3 heterocycles. The summed E-state index contributed by atoms with van der Waals surface area (Å²) >= 11 is 3.48. The molecule has 0 fully saturated rings. The fourth-order valence-electron chi connectivity index (χ4n) is 2.69. The van der Waals surface area contributed by atoms with Crippen molar-refractivity contribution in [3.05, 3.63) is 34.7 Å². The standard InChI is InChI=1S/C17H19BrN4O3/c1-17(2,3)25-12(23)8-11-9-20-16(24)15-13(18)14(21-22(11)15)10-4-6-19-7-5-10/h4-7,11H,8-9H2,1-3H3,(H,20,24). The maximum Gasteiger partial charge on any atom is 0.308 e. The van der Waals surface area contributed by atoms with Gasteiger partial charge in [-0.3, -0.25) is 19.3 Å². The highest BCUT2D eigenvalue weighted by molar-refractivity contribution is 9.10. The van der Waals surface area contributed by atoms with Crippen molar-refractivity contribution in [2.75, 3.05) is 6.54 Å². The highest BCUT2D eigenvalue weighted by atomic mass is 79.9. The molecule has 0 spiro atoms. The summed E-state index contributed by atoms with van der Waals surface area (Å²) < 4.78 is 7.61. The number of amides is 1. The van der Waals surface area contributed by atoms with Gasteiger partial charge in [0.1, 0.15) is 17.0 Å². The van der Waals surface area contributed by atoms with Crippen molar-refractivity contribution < 1.29 is 14.3 Å². The summed E-state index contributed by atoms with van der Waals surface area (Å²) in [5.74, 6) is -0.545. The second-order valence-electron chi connectivity index (χ2n) is 6.85. The summed E-state index contributed by atoms with van der Waals surface area (Å²) in [7, 11) is 0. The van der Waals surface area contributed by atoms with E-state index in [1.54, 1.807) is 17.1 Å². The van der Waals surface area contributed by atoms with Crippen molar-refractivity contribution >= 4 is 27.8 Å². The number of hydrogen-bond acceptors (Lipinski definition) is 5. The molecule has 1 atom stereocenters. The van der Waals surface area contributed by atoms with Crippen molar-refractivity contribution in [1.29, 1.82) is 0 Å². The van der Waals surface area contributed by atoms with Gasteiger partial charge in [-0.15, -0.1) is 0 Å². The first kappa shape index (κ1) is 17.6. The van der Waals surface area contributed by atoms with E-state index in [1.807, 2.05) is 32.9 Å². The van der Waals surface area contributed by atoms with Crippen molar-refractivity contribution in [3.63, 3.8) is 0 Å². The Morgan fingerprint density at radius 3 is 2.72 bits per heavy atom. The van der Waals surface area contributed by atoms with Crippen LogP contribution in [0.5, 0.6) is 0 Å². The normalized spacial score (nSPS) is 17.0. The Balaban J connectivity index is 1.94. The molecule has 3 rings (SSSR count). The topological polar surface area (TPSA) is 86.1 Å². The lowest BCUT2D eigenvalue weighted by Crippen LogP contribution is -2.41. The highest BCUT2D eigenvalue weighted by Crippen LogP contribution is 2.34. The Morgan fingerprint density at radius 1 is 1.40 bits per heavy atom. The van der Waals surface area contributed by atoms with Gasteiger partial charge in [0.05, 0.1) is 16.9 Å². The van der Waals surface area contributed by atoms with E-state index in [-0.39, 0.29) is 24.3 Å². The van der Waals surface area contributed by atoms with E-state index < -0.39 is 5.60 Å². The molecule has 0 aliphatic carbocycles. The van der Waals surface area contributed by atoms with E-state index in [2.05, 4.69) is 31.3 Å². The first-order valence-corrected chi connectivity index (χ1v) is 8.74. The van der Waals surface area contributed by atoms with E-state index in [9.17, 15) is 9.59 Å². The zero-order valence-corrected chi connectivity index (χ0v) is 15.8. The Labute approximate surface area is 153 Å². The maximum absolute atomic E-state index is 12.3.